The normalized spacial score (nSPS) is 10.9. The predicted molar refractivity (Wildman–Crippen MR) is 101 cm³/mol. The van der Waals surface area contributed by atoms with E-state index in [1.807, 2.05) is 37.3 Å². The fourth-order valence-electron chi connectivity index (χ4n) is 2.26. The highest BCUT2D eigenvalue weighted by Crippen LogP contribution is 2.23. The third-order valence-electron chi connectivity index (χ3n) is 3.50. The van der Waals surface area contributed by atoms with Crippen LogP contribution in [0.3, 0.4) is 0 Å². The van der Waals surface area contributed by atoms with Crippen molar-refractivity contribution in [2.45, 2.75) is 20.3 Å². The van der Waals surface area contributed by atoms with Crippen molar-refractivity contribution in [2.75, 3.05) is 11.9 Å². The van der Waals surface area contributed by atoms with Gasteiger partial charge in [-0.2, -0.15) is 5.26 Å². The summed E-state index contributed by atoms with van der Waals surface area (Å²) in [5.41, 5.74) is 2.44. The van der Waals surface area contributed by atoms with Gasteiger partial charge in [0.05, 0.1) is 6.61 Å². The largest absolute Gasteiger partial charge is 0.494 e. The number of carbonyl (C=O) groups excluding carboxylic acids is 1. The zero-order chi connectivity index (χ0) is 18.2. The molecular formula is C20H19ClN2O2. The van der Waals surface area contributed by atoms with Crippen molar-refractivity contribution in [1.82, 2.24) is 0 Å². The molecule has 128 valence electrons. The van der Waals surface area contributed by atoms with Gasteiger partial charge in [0.25, 0.3) is 5.91 Å². The van der Waals surface area contributed by atoms with Crippen molar-refractivity contribution in [2.24, 2.45) is 0 Å². The van der Waals surface area contributed by atoms with Gasteiger partial charge in [0.1, 0.15) is 17.4 Å². The number of hydrogen-bond donors (Lipinski definition) is 1. The lowest BCUT2D eigenvalue weighted by Gasteiger charge is -2.07. The fraction of sp³-hybridized carbons (Fsp3) is 0.200. The second kappa shape index (κ2) is 8.91. The van der Waals surface area contributed by atoms with Crippen LogP contribution in [0.5, 0.6) is 5.75 Å². The standard InChI is InChI=1S/C20H19ClN2O2/c1-3-14-5-7-18(8-6-14)23-20(24)16(13-22)9-15-10-17(21)12-19(11-15)25-4-2/h5-12H,3-4H2,1-2H3,(H,23,24)/b16-9+. The monoisotopic (exact) mass is 354 g/mol. The molecule has 2 aromatic carbocycles. The van der Waals surface area contributed by atoms with Crippen LogP contribution >= 0.6 is 11.6 Å². The maximum absolute atomic E-state index is 12.3. The lowest BCUT2D eigenvalue weighted by molar-refractivity contribution is -0.112. The summed E-state index contributed by atoms with van der Waals surface area (Å²) in [5, 5.41) is 12.5. The number of hydrogen-bond acceptors (Lipinski definition) is 3. The molecule has 2 aromatic rings. The number of anilines is 1. The van der Waals surface area contributed by atoms with Crippen LogP contribution in [0.1, 0.15) is 25.0 Å². The first-order valence-corrected chi connectivity index (χ1v) is 8.39. The van der Waals surface area contributed by atoms with Crippen LogP contribution in [0.15, 0.2) is 48.0 Å². The van der Waals surface area contributed by atoms with Crippen LogP contribution in [-0.4, -0.2) is 12.5 Å². The Balaban J connectivity index is 2.21. The fourth-order valence-corrected chi connectivity index (χ4v) is 2.49. The number of amides is 1. The Morgan fingerprint density at radius 2 is 1.96 bits per heavy atom. The third-order valence-corrected chi connectivity index (χ3v) is 3.72. The quantitative estimate of drug-likeness (QED) is 0.596. The van der Waals surface area contributed by atoms with E-state index >= 15 is 0 Å². The molecule has 0 radical (unpaired) electrons. The van der Waals surface area contributed by atoms with Gasteiger partial charge >= 0.3 is 0 Å². The Kier molecular flexibility index (Phi) is 6.62. The topological polar surface area (TPSA) is 62.1 Å². The summed E-state index contributed by atoms with van der Waals surface area (Å²) < 4.78 is 5.42. The summed E-state index contributed by atoms with van der Waals surface area (Å²) in [5.74, 6) is 0.124. The van der Waals surface area contributed by atoms with Crippen LogP contribution < -0.4 is 10.1 Å². The SMILES string of the molecule is CCOc1cc(Cl)cc(/C=C(\C#N)C(=O)Nc2ccc(CC)cc2)c1. The molecule has 2 rings (SSSR count). The highest BCUT2D eigenvalue weighted by atomic mass is 35.5. The number of nitrogens with one attached hydrogen (secondary N) is 1. The number of nitrogens with zero attached hydrogens (tertiary/aromatic N) is 1. The first-order valence-electron chi connectivity index (χ1n) is 8.01. The van der Waals surface area contributed by atoms with Gasteiger partial charge in [0.2, 0.25) is 0 Å². The lowest BCUT2D eigenvalue weighted by Crippen LogP contribution is -2.13. The van der Waals surface area contributed by atoms with Crippen molar-refractivity contribution in [3.05, 3.63) is 64.2 Å². The molecule has 1 amide bonds. The average Bonchev–Trinajstić information content (AvgIpc) is 2.60. The molecule has 0 aliphatic rings. The van der Waals surface area contributed by atoms with Crippen LogP contribution in [0.2, 0.25) is 5.02 Å². The first-order chi connectivity index (χ1) is 12.0. The van der Waals surface area contributed by atoms with Crippen molar-refractivity contribution in [3.63, 3.8) is 0 Å². The van der Waals surface area contributed by atoms with E-state index in [4.69, 9.17) is 16.3 Å². The van der Waals surface area contributed by atoms with E-state index in [0.717, 1.165) is 6.42 Å². The maximum Gasteiger partial charge on any atom is 0.266 e. The summed E-state index contributed by atoms with van der Waals surface area (Å²) in [6.07, 6.45) is 2.42. The summed E-state index contributed by atoms with van der Waals surface area (Å²) in [4.78, 5) is 12.3. The molecule has 0 aliphatic heterocycles. The molecule has 0 aliphatic carbocycles. The highest BCUT2D eigenvalue weighted by Gasteiger charge is 2.10. The number of aryl methyl sites for hydroxylation is 1. The van der Waals surface area contributed by atoms with Crippen LogP contribution in [0, 0.1) is 11.3 Å². The van der Waals surface area contributed by atoms with Gasteiger partial charge in [0.15, 0.2) is 0 Å². The molecule has 25 heavy (non-hydrogen) atoms. The zero-order valence-corrected chi connectivity index (χ0v) is 14.9. The highest BCUT2D eigenvalue weighted by molar-refractivity contribution is 6.30. The summed E-state index contributed by atoms with van der Waals surface area (Å²) in [6.45, 7) is 4.43. The smallest absolute Gasteiger partial charge is 0.266 e. The molecule has 0 atom stereocenters. The van der Waals surface area contributed by atoms with E-state index in [-0.39, 0.29) is 5.57 Å². The van der Waals surface area contributed by atoms with Crippen molar-refractivity contribution >= 4 is 29.3 Å². The molecule has 1 N–H and O–H groups in total. The van der Waals surface area contributed by atoms with Gasteiger partial charge in [-0.15, -0.1) is 0 Å². The summed E-state index contributed by atoms with van der Waals surface area (Å²) in [6, 6.07) is 14.5. The molecule has 0 fully saturated rings. The van der Waals surface area contributed by atoms with Crippen LogP contribution in [0.4, 0.5) is 5.69 Å². The van der Waals surface area contributed by atoms with Crippen molar-refractivity contribution in [3.8, 4) is 11.8 Å². The zero-order valence-electron chi connectivity index (χ0n) is 14.2. The third kappa shape index (κ3) is 5.37. The van der Waals surface area contributed by atoms with E-state index in [0.29, 0.717) is 28.6 Å². The second-order valence-corrected chi connectivity index (χ2v) is 5.76. The second-order valence-electron chi connectivity index (χ2n) is 5.33. The molecule has 0 unspecified atom stereocenters. The maximum atomic E-state index is 12.3. The molecule has 4 nitrogen and oxygen atoms in total. The van der Waals surface area contributed by atoms with Crippen LogP contribution in [0.25, 0.3) is 6.08 Å². The summed E-state index contributed by atoms with van der Waals surface area (Å²) >= 11 is 6.06. The Morgan fingerprint density at radius 1 is 1.24 bits per heavy atom. The van der Waals surface area contributed by atoms with E-state index in [2.05, 4.69) is 12.2 Å². The molecule has 0 heterocycles. The number of carbonyl (C=O) groups is 1. The molecule has 5 heteroatoms. The lowest BCUT2D eigenvalue weighted by atomic mass is 10.1. The predicted octanol–water partition coefficient (Wildman–Crippen LogP) is 4.85. The molecule has 0 spiro atoms. The molecule has 0 saturated carbocycles. The van der Waals surface area contributed by atoms with Gasteiger partial charge in [-0.05, 0) is 60.9 Å². The Morgan fingerprint density at radius 3 is 2.56 bits per heavy atom. The molecule has 0 bridgehead atoms. The minimum atomic E-state index is -0.468. The van der Waals surface area contributed by atoms with E-state index in [9.17, 15) is 10.1 Å². The molecule has 0 saturated heterocycles. The van der Waals surface area contributed by atoms with E-state index in [1.165, 1.54) is 11.6 Å². The van der Waals surface area contributed by atoms with Gasteiger partial charge < -0.3 is 10.1 Å². The summed E-state index contributed by atoms with van der Waals surface area (Å²) in [7, 11) is 0. The van der Waals surface area contributed by atoms with E-state index in [1.54, 1.807) is 18.2 Å². The number of nitriles is 1. The van der Waals surface area contributed by atoms with Gasteiger partial charge in [-0.25, -0.2) is 0 Å². The van der Waals surface area contributed by atoms with E-state index < -0.39 is 5.91 Å². The minimum absolute atomic E-state index is 0.00992. The van der Waals surface area contributed by atoms with Gasteiger partial charge in [0, 0.05) is 10.7 Å². The van der Waals surface area contributed by atoms with Crippen molar-refractivity contribution in [1.29, 1.82) is 5.26 Å². The number of halogens is 1. The average molecular weight is 355 g/mol. The Bertz CT molecular complexity index is 821. The van der Waals surface area contributed by atoms with Gasteiger partial charge in [-0.3, -0.25) is 4.79 Å². The number of ether oxygens (including phenoxy) is 1. The van der Waals surface area contributed by atoms with Gasteiger partial charge in [-0.1, -0.05) is 30.7 Å². The number of benzene rings is 2. The Hall–Kier alpha value is -2.77. The van der Waals surface area contributed by atoms with Crippen LogP contribution in [-0.2, 0) is 11.2 Å². The number of rotatable bonds is 6. The first kappa shape index (κ1) is 18.6. The Labute approximate surface area is 152 Å². The minimum Gasteiger partial charge on any atom is -0.494 e. The van der Waals surface area contributed by atoms with Crippen molar-refractivity contribution < 1.29 is 9.53 Å². The molecular weight excluding hydrogens is 336 g/mol. The molecule has 0 aromatic heterocycles.